The van der Waals surface area contributed by atoms with Gasteiger partial charge in [0.25, 0.3) is 5.91 Å². The zero-order chi connectivity index (χ0) is 17.6. The predicted octanol–water partition coefficient (Wildman–Crippen LogP) is 1.75. The number of amides is 1. The normalized spacial score (nSPS) is 17.1. The summed E-state index contributed by atoms with van der Waals surface area (Å²) in [4.78, 5) is 12.4. The van der Waals surface area contributed by atoms with E-state index in [4.69, 9.17) is 9.47 Å². The molecule has 1 atom stereocenters. The fourth-order valence-electron chi connectivity index (χ4n) is 3.08. The van der Waals surface area contributed by atoms with E-state index in [-0.39, 0.29) is 5.91 Å². The van der Waals surface area contributed by atoms with E-state index in [2.05, 4.69) is 15.7 Å². The Hall–Kier alpha value is -2.54. The molecule has 0 bridgehead atoms. The van der Waals surface area contributed by atoms with E-state index in [0.717, 1.165) is 31.5 Å². The van der Waals surface area contributed by atoms with Gasteiger partial charge in [0.05, 0.1) is 20.3 Å². The van der Waals surface area contributed by atoms with Crippen molar-refractivity contribution in [1.82, 2.24) is 20.4 Å². The van der Waals surface area contributed by atoms with E-state index in [0.29, 0.717) is 29.8 Å². The van der Waals surface area contributed by atoms with Crippen molar-refractivity contribution in [3.8, 4) is 11.5 Å². The fourth-order valence-corrected chi connectivity index (χ4v) is 3.08. The fraction of sp³-hybridized carbons (Fsp3) is 0.444. The second kappa shape index (κ2) is 8.02. The zero-order valence-electron chi connectivity index (χ0n) is 14.6. The van der Waals surface area contributed by atoms with Crippen molar-refractivity contribution in [2.24, 2.45) is 0 Å². The monoisotopic (exact) mass is 344 g/mol. The SMILES string of the molecule is COc1cccc(CNC(=O)c2ccn(C3CCCNC3)n2)c1OC. The summed E-state index contributed by atoms with van der Waals surface area (Å²) < 4.78 is 12.5. The van der Waals surface area contributed by atoms with Gasteiger partial charge in [0.2, 0.25) is 0 Å². The van der Waals surface area contributed by atoms with Gasteiger partial charge in [-0.2, -0.15) is 5.10 Å². The van der Waals surface area contributed by atoms with Crippen molar-refractivity contribution in [2.45, 2.75) is 25.4 Å². The lowest BCUT2D eigenvalue weighted by Gasteiger charge is -2.22. The molecule has 1 aromatic carbocycles. The van der Waals surface area contributed by atoms with Crippen LogP contribution in [0.2, 0.25) is 0 Å². The molecule has 25 heavy (non-hydrogen) atoms. The summed E-state index contributed by atoms with van der Waals surface area (Å²) in [7, 11) is 3.18. The maximum atomic E-state index is 12.4. The van der Waals surface area contributed by atoms with Gasteiger partial charge in [-0.1, -0.05) is 12.1 Å². The number of carbonyl (C=O) groups is 1. The molecule has 3 rings (SSSR count). The lowest BCUT2D eigenvalue weighted by Crippen LogP contribution is -2.32. The molecule has 0 radical (unpaired) electrons. The highest BCUT2D eigenvalue weighted by Crippen LogP contribution is 2.30. The van der Waals surface area contributed by atoms with Gasteiger partial charge < -0.3 is 20.1 Å². The first-order valence-corrected chi connectivity index (χ1v) is 8.47. The quantitative estimate of drug-likeness (QED) is 0.835. The van der Waals surface area contributed by atoms with E-state index < -0.39 is 0 Å². The summed E-state index contributed by atoms with van der Waals surface area (Å²) in [5, 5.41) is 10.7. The molecule has 2 N–H and O–H groups in total. The molecule has 134 valence electrons. The number of rotatable bonds is 6. The molecule has 7 nitrogen and oxygen atoms in total. The molecule has 0 aliphatic carbocycles. The average molecular weight is 344 g/mol. The first-order chi connectivity index (χ1) is 12.2. The molecule has 0 saturated carbocycles. The summed E-state index contributed by atoms with van der Waals surface area (Å²) in [5.74, 6) is 1.07. The van der Waals surface area contributed by atoms with Crippen molar-refractivity contribution >= 4 is 5.91 Å². The zero-order valence-corrected chi connectivity index (χ0v) is 14.6. The Kier molecular flexibility index (Phi) is 5.55. The van der Waals surface area contributed by atoms with Gasteiger partial charge in [-0.3, -0.25) is 9.48 Å². The van der Waals surface area contributed by atoms with Crippen LogP contribution in [0.3, 0.4) is 0 Å². The number of piperidine rings is 1. The Morgan fingerprint density at radius 3 is 2.96 bits per heavy atom. The number of hydrogen-bond donors (Lipinski definition) is 2. The van der Waals surface area contributed by atoms with Crippen molar-refractivity contribution in [3.05, 3.63) is 41.7 Å². The summed E-state index contributed by atoms with van der Waals surface area (Å²) in [6.45, 7) is 2.29. The number of hydrogen-bond acceptors (Lipinski definition) is 5. The molecule has 1 aromatic heterocycles. The van der Waals surface area contributed by atoms with Gasteiger partial charge in [-0.25, -0.2) is 0 Å². The highest BCUT2D eigenvalue weighted by Gasteiger charge is 2.18. The van der Waals surface area contributed by atoms with Crippen molar-refractivity contribution in [1.29, 1.82) is 0 Å². The molecule has 1 unspecified atom stereocenters. The van der Waals surface area contributed by atoms with Gasteiger partial charge in [0, 0.05) is 24.8 Å². The van der Waals surface area contributed by atoms with Crippen molar-refractivity contribution in [2.75, 3.05) is 27.3 Å². The molecule has 0 spiro atoms. The molecule has 7 heteroatoms. The number of benzene rings is 1. The summed E-state index contributed by atoms with van der Waals surface area (Å²) in [6, 6.07) is 7.66. The lowest BCUT2D eigenvalue weighted by atomic mass is 10.1. The third-order valence-electron chi connectivity index (χ3n) is 4.41. The predicted molar refractivity (Wildman–Crippen MR) is 94.1 cm³/mol. The van der Waals surface area contributed by atoms with E-state index in [1.807, 2.05) is 29.1 Å². The van der Waals surface area contributed by atoms with Crippen LogP contribution in [0, 0.1) is 0 Å². The summed E-state index contributed by atoms with van der Waals surface area (Å²) >= 11 is 0. The van der Waals surface area contributed by atoms with Crippen LogP contribution < -0.4 is 20.1 Å². The number of nitrogens with one attached hydrogen (secondary N) is 2. The highest BCUT2D eigenvalue weighted by atomic mass is 16.5. The number of ether oxygens (including phenoxy) is 2. The molecular weight excluding hydrogens is 320 g/mol. The van der Waals surface area contributed by atoms with E-state index in [1.165, 1.54) is 0 Å². The van der Waals surface area contributed by atoms with Crippen molar-refractivity contribution < 1.29 is 14.3 Å². The van der Waals surface area contributed by atoms with Gasteiger partial charge in [0.15, 0.2) is 11.5 Å². The van der Waals surface area contributed by atoms with Gasteiger partial charge in [0.1, 0.15) is 5.69 Å². The minimum atomic E-state index is -0.201. The van der Waals surface area contributed by atoms with Gasteiger partial charge in [-0.05, 0) is 31.5 Å². The molecule has 1 aliphatic heterocycles. The number of para-hydroxylation sites is 1. The minimum absolute atomic E-state index is 0.201. The first kappa shape index (κ1) is 17.3. The molecule has 1 saturated heterocycles. The third-order valence-corrected chi connectivity index (χ3v) is 4.41. The van der Waals surface area contributed by atoms with Crippen LogP contribution in [0.15, 0.2) is 30.5 Å². The number of carbonyl (C=O) groups excluding carboxylic acids is 1. The summed E-state index contributed by atoms with van der Waals surface area (Å²) in [6.07, 6.45) is 4.08. The van der Waals surface area contributed by atoms with Crippen LogP contribution in [0.4, 0.5) is 0 Å². The standard InChI is InChI=1S/C18H24N4O3/c1-24-16-7-3-5-13(17(16)25-2)11-20-18(23)15-8-10-22(21-15)14-6-4-9-19-12-14/h3,5,7-8,10,14,19H,4,6,9,11-12H2,1-2H3,(H,20,23). The number of methoxy groups -OCH3 is 2. The second-order valence-corrected chi connectivity index (χ2v) is 6.02. The first-order valence-electron chi connectivity index (χ1n) is 8.47. The largest absolute Gasteiger partial charge is 0.493 e. The van der Waals surface area contributed by atoms with E-state index in [1.54, 1.807) is 20.3 Å². The molecule has 2 heterocycles. The molecule has 1 fully saturated rings. The summed E-state index contributed by atoms with van der Waals surface area (Å²) in [5.41, 5.74) is 1.28. The molecular formula is C18H24N4O3. The Morgan fingerprint density at radius 1 is 1.36 bits per heavy atom. The third kappa shape index (κ3) is 3.93. The minimum Gasteiger partial charge on any atom is -0.493 e. The van der Waals surface area contributed by atoms with Crippen LogP contribution >= 0.6 is 0 Å². The Bertz CT molecular complexity index is 723. The lowest BCUT2D eigenvalue weighted by molar-refractivity contribution is 0.0944. The molecule has 2 aromatic rings. The number of nitrogens with zero attached hydrogens (tertiary/aromatic N) is 2. The van der Waals surface area contributed by atoms with Crippen LogP contribution in [-0.4, -0.2) is 43.0 Å². The topological polar surface area (TPSA) is 77.4 Å². The van der Waals surface area contributed by atoms with Gasteiger partial charge in [-0.15, -0.1) is 0 Å². The average Bonchev–Trinajstić information content (AvgIpc) is 3.16. The Morgan fingerprint density at radius 2 is 2.24 bits per heavy atom. The Balaban J connectivity index is 1.64. The van der Waals surface area contributed by atoms with Gasteiger partial charge >= 0.3 is 0 Å². The van der Waals surface area contributed by atoms with Crippen molar-refractivity contribution in [3.63, 3.8) is 0 Å². The highest BCUT2D eigenvalue weighted by molar-refractivity contribution is 5.92. The van der Waals surface area contributed by atoms with Crippen LogP contribution in [0.1, 0.15) is 34.9 Å². The second-order valence-electron chi connectivity index (χ2n) is 6.02. The van der Waals surface area contributed by atoms with Crippen LogP contribution in [0.5, 0.6) is 11.5 Å². The van der Waals surface area contributed by atoms with E-state index >= 15 is 0 Å². The van der Waals surface area contributed by atoms with Crippen LogP contribution in [-0.2, 0) is 6.54 Å². The van der Waals surface area contributed by atoms with Crippen LogP contribution in [0.25, 0.3) is 0 Å². The maximum Gasteiger partial charge on any atom is 0.272 e. The molecule has 1 aliphatic rings. The molecule has 1 amide bonds. The number of aromatic nitrogens is 2. The Labute approximate surface area is 147 Å². The smallest absolute Gasteiger partial charge is 0.272 e. The maximum absolute atomic E-state index is 12.4. The van der Waals surface area contributed by atoms with E-state index in [9.17, 15) is 4.79 Å².